The molecule has 1 unspecified atom stereocenters. The standard InChI is InChI=1S/C22H28N2O4/c1-13-11-16(9-10-18(13)25)24-21(26)17-12-19(22(27)23-3)28-20(17)14(2)15-7-5-4-6-8-15/h4-8,12-14,16,18,25H,9-11H2,1-3H3,(H,23,27)(H,24,26)/t13-,14+,16?,18-/m1/s1. The number of aliphatic hydroxyl groups is 1. The summed E-state index contributed by atoms with van der Waals surface area (Å²) in [6.07, 6.45) is 1.84. The molecule has 0 aliphatic heterocycles. The molecule has 1 aliphatic rings. The van der Waals surface area contributed by atoms with Gasteiger partial charge in [0, 0.05) is 25.1 Å². The van der Waals surface area contributed by atoms with Crippen LogP contribution in [0.25, 0.3) is 0 Å². The lowest BCUT2D eigenvalue weighted by atomic mass is 9.84. The molecule has 0 radical (unpaired) electrons. The molecule has 3 N–H and O–H groups in total. The van der Waals surface area contributed by atoms with Crippen LogP contribution in [-0.2, 0) is 0 Å². The van der Waals surface area contributed by atoms with Gasteiger partial charge in [0.25, 0.3) is 11.8 Å². The quantitative estimate of drug-likeness (QED) is 0.739. The number of benzene rings is 1. The highest BCUT2D eigenvalue weighted by Gasteiger charge is 2.30. The second-order valence-corrected chi connectivity index (χ2v) is 7.63. The first-order valence-electron chi connectivity index (χ1n) is 9.80. The molecular weight excluding hydrogens is 356 g/mol. The van der Waals surface area contributed by atoms with Crippen molar-refractivity contribution in [3.05, 3.63) is 59.0 Å². The highest BCUT2D eigenvalue weighted by molar-refractivity contribution is 5.99. The Morgan fingerprint density at radius 2 is 1.89 bits per heavy atom. The summed E-state index contributed by atoms with van der Waals surface area (Å²) >= 11 is 0. The van der Waals surface area contributed by atoms with Gasteiger partial charge >= 0.3 is 0 Å². The second kappa shape index (κ2) is 8.61. The Hall–Kier alpha value is -2.60. The van der Waals surface area contributed by atoms with Gasteiger partial charge in [0.2, 0.25) is 0 Å². The number of carbonyl (C=O) groups excluding carboxylic acids is 2. The molecule has 28 heavy (non-hydrogen) atoms. The van der Waals surface area contributed by atoms with E-state index in [4.69, 9.17) is 4.42 Å². The number of amides is 2. The zero-order valence-corrected chi connectivity index (χ0v) is 16.6. The van der Waals surface area contributed by atoms with Gasteiger partial charge in [-0.05, 0) is 30.7 Å². The molecule has 6 heteroatoms. The Morgan fingerprint density at radius 3 is 2.54 bits per heavy atom. The summed E-state index contributed by atoms with van der Waals surface area (Å²) in [6, 6.07) is 11.3. The lowest BCUT2D eigenvalue weighted by molar-refractivity contribution is 0.0615. The van der Waals surface area contributed by atoms with E-state index >= 15 is 0 Å². The number of furan rings is 1. The molecule has 150 valence electrons. The van der Waals surface area contributed by atoms with E-state index in [0.717, 1.165) is 18.4 Å². The molecule has 2 aromatic rings. The van der Waals surface area contributed by atoms with Crippen molar-refractivity contribution in [1.82, 2.24) is 10.6 Å². The summed E-state index contributed by atoms with van der Waals surface area (Å²) in [5, 5.41) is 15.5. The summed E-state index contributed by atoms with van der Waals surface area (Å²) < 4.78 is 5.82. The maximum Gasteiger partial charge on any atom is 0.286 e. The normalized spacial score (nSPS) is 23.1. The summed E-state index contributed by atoms with van der Waals surface area (Å²) in [7, 11) is 1.53. The number of aliphatic hydroxyl groups excluding tert-OH is 1. The molecule has 0 spiro atoms. The summed E-state index contributed by atoms with van der Waals surface area (Å²) in [6.45, 7) is 3.95. The number of carbonyl (C=O) groups is 2. The van der Waals surface area contributed by atoms with Crippen LogP contribution in [0.3, 0.4) is 0 Å². The van der Waals surface area contributed by atoms with Gasteiger partial charge < -0.3 is 20.2 Å². The van der Waals surface area contributed by atoms with E-state index in [1.165, 1.54) is 13.1 Å². The third kappa shape index (κ3) is 4.28. The van der Waals surface area contributed by atoms with Crippen LogP contribution < -0.4 is 10.6 Å². The van der Waals surface area contributed by atoms with Crippen molar-refractivity contribution >= 4 is 11.8 Å². The molecule has 1 saturated carbocycles. The topological polar surface area (TPSA) is 91.6 Å². The molecule has 1 aromatic carbocycles. The molecule has 1 aromatic heterocycles. The van der Waals surface area contributed by atoms with Gasteiger partial charge in [-0.25, -0.2) is 0 Å². The summed E-state index contributed by atoms with van der Waals surface area (Å²) in [4.78, 5) is 25.1. The van der Waals surface area contributed by atoms with Gasteiger partial charge in [0.05, 0.1) is 11.7 Å². The monoisotopic (exact) mass is 384 g/mol. The van der Waals surface area contributed by atoms with Crippen LogP contribution in [0, 0.1) is 5.92 Å². The number of nitrogens with one attached hydrogen (secondary N) is 2. The molecule has 2 amide bonds. The van der Waals surface area contributed by atoms with E-state index < -0.39 is 0 Å². The van der Waals surface area contributed by atoms with Crippen LogP contribution in [0.1, 0.15) is 71.3 Å². The van der Waals surface area contributed by atoms with Crippen LogP contribution in [-0.4, -0.2) is 36.1 Å². The first-order valence-corrected chi connectivity index (χ1v) is 9.80. The number of hydrogen-bond donors (Lipinski definition) is 3. The Balaban J connectivity index is 1.87. The van der Waals surface area contributed by atoms with Crippen molar-refractivity contribution in [3.8, 4) is 0 Å². The third-order valence-corrected chi connectivity index (χ3v) is 5.61. The molecule has 1 aliphatic carbocycles. The Morgan fingerprint density at radius 1 is 1.18 bits per heavy atom. The van der Waals surface area contributed by atoms with Crippen molar-refractivity contribution in [1.29, 1.82) is 0 Å². The van der Waals surface area contributed by atoms with Gasteiger partial charge in [-0.2, -0.15) is 0 Å². The lowest BCUT2D eigenvalue weighted by Gasteiger charge is -2.31. The number of rotatable bonds is 5. The van der Waals surface area contributed by atoms with Crippen LogP contribution in [0.4, 0.5) is 0 Å². The largest absolute Gasteiger partial charge is 0.454 e. The molecule has 0 bridgehead atoms. The van der Waals surface area contributed by atoms with Crippen molar-refractivity contribution in [2.75, 3.05) is 7.05 Å². The van der Waals surface area contributed by atoms with E-state index in [1.807, 2.05) is 44.2 Å². The fourth-order valence-electron chi connectivity index (χ4n) is 3.81. The fourth-order valence-corrected chi connectivity index (χ4v) is 3.81. The average molecular weight is 384 g/mol. The van der Waals surface area contributed by atoms with Crippen LogP contribution in [0.2, 0.25) is 0 Å². The molecular formula is C22H28N2O4. The molecule has 6 nitrogen and oxygen atoms in total. The summed E-state index contributed by atoms with van der Waals surface area (Å²) in [5.41, 5.74) is 1.39. The van der Waals surface area contributed by atoms with E-state index in [9.17, 15) is 14.7 Å². The minimum Gasteiger partial charge on any atom is -0.454 e. The Kier molecular flexibility index (Phi) is 6.19. The highest BCUT2D eigenvalue weighted by atomic mass is 16.4. The van der Waals surface area contributed by atoms with E-state index in [-0.39, 0.29) is 41.6 Å². The van der Waals surface area contributed by atoms with Gasteiger partial charge in [0.15, 0.2) is 5.76 Å². The van der Waals surface area contributed by atoms with Crippen molar-refractivity contribution in [2.24, 2.45) is 5.92 Å². The van der Waals surface area contributed by atoms with Crippen molar-refractivity contribution < 1.29 is 19.1 Å². The highest BCUT2D eigenvalue weighted by Crippen LogP contribution is 2.30. The lowest BCUT2D eigenvalue weighted by Crippen LogP contribution is -2.41. The zero-order chi connectivity index (χ0) is 20.3. The third-order valence-electron chi connectivity index (χ3n) is 5.61. The minimum absolute atomic E-state index is 0.00383. The molecule has 3 rings (SSSR count). The minimum atomic E-state index is -0.366. The van der Waals surface area contributed by atoms with Gasteiger partial charge in [0.1, 0.15) is 5.76 Å². The molecule has 0 saturated heterocycles. The van der Waals surface area contributed by atoms with Gasteiger partial charge in [-0.15, -0.1) is 0 Å². The van der Waals surface area contributed by atoms with Gasteiger partial charge in [-0.3, -0.25) is 9.59 Å². The molecule has 4 atom stereocenters. The van der Waals surface area contributed by atoms with Gasteiger partial charge in [-0.1, -0.05) is 44.2 Å². The maximum atomic E-state index is 13.0. The van der Waals surface area contributed by atoms with Crippen LogP contribution >= 0.6 is 0 Å². The van der Waals surface area contributed by atoms with Crippen LogP contribution in [0.5, 0.6) is 0 Å². The fraction of sp³-hybridized carbons (Fsp3) is 0.455. The average Bonchev–Trinajstić information content (AvgIpc) is 3.16. The predicted octanol–water partition coefficient (Wildman–Crippen LogP) is 3.07. The first-order chi connectivity index (χ1) is 13.4. The smallest absolute Gasteiger partial charge is 0.286 e. The molecule has 1 fully saturated rings. The van der Waals surface area contributed by atoms with Crippen molar-refractivity contribution in [3.63, 3.8) is 0 Å². The van der Waals surface area contributed by atoms with Crippen molar-refractivity contribution in [2.45, 2.75) is 51.2 Å². The van der Waals surface area contributed by atoms with E-state index in [2.05, 4.69) is 10.6 Å². The first kappa shape index (κ1) is 20.1. The van der Waals surface area contributed by atoms with E-state index in [1.54, 1.807) is 0 Å². The summed E-state index contributed by atoms with van der Waals surface area (Å²) in [5.74, 6) is -0.0377. The maximum absolute atomic E-state index is 13.0. The zero-order valence-electron chi connectivity index (χ0n) is 16.6. The van der Waals surface area contributed by atoms with E-state index in [0.29, 0.717) is 17.7 Å². The Bertz CT molecular complexity index is 830. The molecule has 1 heterocycles. The second-order valence-electron chi connectivity index (χ2n) is 7.63. The predicted molar refractivity (Wildman–Crippen MR) is 106 cm³/mol. The number of hydrogen-bond acceptors (Lipinski definition) is 4. The Labute approximate surface area is 165 Å². The van der Waals surface area contributed by atoms with Crippen LogP contribution in [0.15, 0.2) is 40.8 Å². The SMILES string of the molecule is CNC(=O)c1cc(C(=O)NC2CC[C@@H](O)[C@H](C)C2)c([C@@H](C)c2ccccc2)o1.